The second-order valence-corrected chi connectivity index (χ2v) is 3.19. The molecule has 0 unspecified atom stereocenters. The molecule has 0 spiro atoms. The smallest absolute Gasteiger partial charge is 0 e. The fourth-order valence-corrected chi connectivity index (χ4v) is 0.577. The summed E-state index contributed by atoms with van der Waals surface area (Å²) >= 11 is 0.228. The SMILES string of the molecule is C1=[CH][Sb]=[CH]1.[Bi]. The van der Waals surface area contributed by atoms with Crippen LogP contribution in [0.5, 0.6) is 0 Å². The number of rotatable bonds is 0. The summed E-state index contributed by atoms with van der Waals surface area (Å²) in [6.07, 6.45) is 2.12. The summed E-state index contributed by atoms with van der Waals surface area (Å²) in [7, 11) is 0. The van der Waals surface area contributed by atoms with Crippen LogP contribution in [0.15, 0.2) is 10.1 Å². The summed E-state index contributed by atoms with van der Waals surface area (Å²) in [6.45, 7) is 0. The van der Waals surface area contributed by atoms with Crippen LogP contribution < -0.4 is 0 Å². The van der Waals surface area contributed by atoms with Crippen LogP contribution in [-0.4, -0.2) is 51.3 Å². The fraction of sp³-hybridized carbons (Fsp3) is 0. The molecule has 25 valence electrons. The summed E-state index contributed by atoms with van der Waals surface area (Å²) < 4.78 is 4.55. The average Bonchev–Trinajstić information content (AvgIpc) is 0.722. The third-order valence-corrected chi connectivity index (χ3v) is 2.31. The van der Waals surface area contributed by atoms with Gasteiger partial charge in [-0.1, -0.05) is 0 Å². The van der Waals surface area contributed by atoms with Crippen LogP contribution in [-0.2, 0) is 0 Å². The zero-order valence-electron chi connectivity index (χ0n) is 2.63. The fourth-order valence-electron chi connectivity index (χ4n) is 0.0861. The van der Waals surface area contributed by atoms with Crippen molar-refractivity contribution in [2.75, 3.05) is 0 Å². The van der Waals surface area contributed by atoms with Crippen molar-refractivity contribution in [3.05, 3.63) is 10.1 Å². The summed E-state index contributed by atoms with van der Waals surface area (Å²) in [6, 6.07) is 0. The molecule has 0 saturated heterocycles. The summed E-state index contributed by atoms with van der Waals surface area (Å²) in [5.41, 5.74) is 0. The van der Waals surface area contributed by atoms with Crippen molar-refractivity contribution >= 4 is 51.3 Å². The van der Waals surface area contributed by atoms with E-state index in [4.69, 9.17) is 0 Å². The first-order valence-electron chi connectivity index (χ1n) is 1.18. The minimum Gasteiger partial charge on any atom is 0 e. The Morgan fingerprint density at radius 2 is 1.60 bits per heavy atom. The van der Waals surface area contributed by atoms with E-state index in [-0.39, 0.29) is 47.3 Å². The van der Waals surface area contributed by atoms with Gasteiger partial charge in [-0.3, -0.25) is 0 Å². The molecule has 1 rings (SSSR count). The monoisotopic (exact) mass is 369 g/mol. The van der Waals surface area contributed by atoms with Crippen LogP contribution in [0.25, 0.3) is 0 Å². The van der Waals surface area contributed by atoms with Gasteiger partial charge in [-0.2, -0.15) is 0 Å². The molecule has 3 radical (unpaired) electrons. The van der Waals surface area contributed by atoms with Gasteiger partial charge >= 0.3 is 35.2 Å². The summed E-state index contributed by atoms with van der Waals surface area (Å²) in [5.74, 6) is 0. The quantitative estimate of drug-likeness (QED) is 0.512. The Kier molecular flexibility index (Phi) is 4.42. The van der Waals surface area contributed by atoms with Crippen molar-refractivity contribution in [2.45, 2.75) is 0 Å². The van der Waals surface area contributed by atoms with Gasteiger partial charge in [-0.15, -0.1) is 0 Å². The summed E-state index contributed by atoms with van der Waals surface area (Å²) in [4.78, 5) is 0. The largest absolute Gasteiger partial charge is 0 e. The molecular formula is C3H3BiSb. The normalized spacial score (nSPS) is 12.8. The minimum atomic E-state index is 0. The molecule has 0 aromatic rings. The van der Waals surface area contributed by atoms with Crippen molar-refractivity contribution in [1.82, 2.24) is 0 Å². The Hall–Kier alpha value is 1.31. The molecule has 0 N–H and O–H groups in total. The molecule has 1 heterocycles. The van der Waals surface area contributed by atoms with E-state index in [9.17, 15) is 0 Å². The van der Waals surface area contributed by atoms with E-state index in [0.717, 1.165) is 0 Å². The average molecular weight is 370 g/mol. The van der Waals surface area contributed by atoms with Gasteiger partial charge in [-0.25, -0.2) is 0 Å². The first-order valence-corrected chi connectivity index (χ1v) is 4.13. The molecule has 1 aliphatic heterocycles. The molecule has 0 amide bonds. The molecule has 5 heavy (non-hydrogen) atoms. The van der Waals surface area contributed by atoms with Gasteiger partial charge in [0.2, 0.25) is 0 Å². The Labute approximate surface area is 60.8 Å². The van der Waals surface area contributed by atoms with Crippen LogP contribution >= 0.6 is 0 Å². The van der Waals surface area contributed by atoms with E-state index in [1.54, 1.807) is 0 Å². The molecule has 0 bridgehead atoms. The van der Waals surface area contributed by atoms with Gasteiger partial charge in [0.05, 0.1) is 0 Å². The topological polar surface area (TPSA) is 0 Å². The molecule has 0 aromatic carbocycles. The van der Waals surface area contributed by atoms with Gasteiger partial charge in [0.1, 0.15) is 0 Å². The maximum atomic E-state index is 2.28. The van der Waals surface area contributed by atoms with Gasteiger partial charge < -0.3 is 0 Å². The maximum Gasteiger partial charge on any atom is 0 e. The zero-order chi connectivity index (χ0) is 2.83. The standard InChI is InChI=1S/C3H3.Bi.Sb/c1-3-2;;/h1-3H;;. The van der Waals surface area contributed by atoms with Crippen molar-refractivity contribution in [1.29, 1.82) is 0 Å². The number of hydrogen-bond donors (Lipinski definition) is 0. The van der Waals surface area contributed by atoms with Crippen molar-refractivity contribution in [3.8, 4) is 0 Å². The van der Waals surface area contributed by atoms with E-state index >= 15 is 0 Å². The van der Waals surface area contributed by atoms with Crippen LogP contribution in [0.3, 0.4) is 0 Å². The molecule has 0 atom stereocenters. The minimum absolute atomic E-state index is 0. The van der Waals surface area contributed by atoms with Crippen LogP contribution in [0.1, 0.15) is 0 Å². The molecular weight excluding hydrogens is 367 g/mol. The van der Waals surface area contributed by atoms with Gasteiger partial charge in [0.15, 0.2) is 0 Å². The Morgan fingerprint density at radius 1 is 1.40 bits per heavy atom. The predicted octanol–water partition coefficient (Wildman–Crippen LogP) is -0.361. The predicted molar refractivity (Wildman–Crippen MR) is 26.7 cm³/mol. The third kappa shape index (κ3) is 2.06. The number of hydrogen-bond acceptors (Lipinski definition) is 0. The second-order valence-electron chi connectivity index (χ2n) is 0.640. The van der Waals surface area contributed by atoms with Gasteiger partial charge in [-0.05, 0) is 0 Å². The number of allylic oxidation sites excluding steroid dienone is 1. The molecule has 0 aliphatic carbocycles. The molecule has 0 saturated carbocycles. The van der Waals surface area contributed by atoms with Crippen molar-refractivity contribution < 1.29 is 0 Å². The van der Waals surface area contributed by atoms with Crippen LogP contribution in [0.2, 0.25) is 0 Å². The molecule has 0 nitrogen and oxygen atoms in total. The second kappa shape index (κ2) is 3.50. The van der Waals surface area contributed by atoms with Crippen LogP contribution in [0, 0.1) is 0 Å². The molecule has 2 heteroatoms. The maximum absolute atomic E-state index is 2.28. The zero-order valence-corrected chi connectivity index (χ0v) is 8.66. The third-order valence-electron chi connectivity index (χ3n) is 0.344. The summed E-state index contributed by atoms with van der Waals surface area (Å²) in [5, 5.41) is 0. The van der Waals surface area contributed by atoms with Crippen LogP contribution in [0.4, 0.5) is 0 Å². The van der Waals surface area contributed by atoms with Crippen molar-refractivity contribution in [3.63, 3.8) is 0 Å². The molecule has 1 aliphatic rings. The van der Waals surface area contributed by atoms with E-state index < -0.39 is 0 Å². The van der Waals surface area contributed by atoms with E-state index in [2.05, 4.69) is 14.0 Å². The van der Waals surface area contributed by atoms with Crippen molar-refractivity contribution in [2.24, 2.45) is 0 Å². The van der Waals surface area contributed by atoms with Gasteiger partial charge in [0, 0.05) is 26.2 Å². The molecule has 0 aromatic heterocycles. The first-order chi connectivity index (χ1) is 2.00. The Balaban J connectivity index is 0.000000160. The Bertz CT molecular complexity index is 47.3. The van der Waals surface area contributed by atoms with E-state index in [0.29, 0.717) is 0 Å². The Morgan fingerprint density at radius 3 is 1.60 bits per heavy atom. The molecule has 0 fully saturated rings. The van der Waals surface area contributed by atoms with Gasteiger partial charge in [0.25, 0.3) is 0 Å². The first kappa shape index (κ1) is 6.31. The van der Waals surface area contributed by atoms with E-state index in [1.807, 2.05) is 0 Å². The van der Waals surface area contributed by atoms with E-state index in [1.165, 1.54) is 0 Å².